The number of urea groups is 1. The molecular formula is C30H30FN5O5S. The monoisotopic (exact) mass is 591 g/mol. The SMILES string of the molecule is O=C(O)COC1CCN(Cc2ccc(-c3cc4nccc(Oc5ccc(NC(=O)NC6CC6)cc5F)c4s3)nc2)CC1. The van der Waals surface area contributed by atoms with Gasteiger partial charge in [0.05, 0.1) is 26.9 Å². The van der Waals surface area contributed by atoms with Crippen molar-refractivity contribution in [2.45, 2.75) is 44.4 Å². The first-order valence-corrected chi connectivity index (χ1v) is 14.7. The van der Waals surface area contributed by atoms with Crippen LogP contribution in [0.4, 0.5) is 14.9 Å². The number of nitrogens with one attached hydrogen (secondary N) is 2. The second kappa shape index (κ2) is 12.4. The molecule has 0 radical (unpaired) electrons. The Bertz CT molecular complexity index is 1590. The first kappa shape index (κ1) is 28.0. The molecule has 1 aromatic carbocycles. The van der Waals surface area contributed by atoms with Crippen LogP contribution < -0.4 is 15.4 Å². The number of piperidine rings is 1. The smallest absolute Gasteiger partial charge is 0.329 e. The lowest BCUT2D eigenvalue weighted by atomic mass is 10.1. The fourth-order valence-electron chi connectivity index (χ4n) is 4.83. The summed E-state index contributed by atoms with van der Waals surface area (Å²) >= 11 is 1.47. The summed E-state index contributed by atoms with van der Waals surface area (Å²) in [6, 6.07) is 11.9. The number of fused-ring (bicyclic) bond motifs is 1. The molecule has 2 amide bonds. The van der Waals surface area contributed by atoms with Gasteiger partial charge in [0.1, 0.15) is 12.4 Å². The number of aliphatic carboxylic acids is 1. The molecule has 1 aliphatic heterocycles. The molecule has 1 saturated carbocycles. The lowest BCUT2D eigenvalue weighted by molar-refractivity contribution is -0.145. The predicted molar refractivity (Wildman–Crippen MR) is 156 cm³/mol. The second-order valence-electron chi connectivity index (χ2n) is 10.5. The summed E-state index contributed by atoms with van der Waals surface area (Å²) in [5.41, 5.74) is 2.96. The number of benzene rings is 1. The molecular weight excluding hydrogens is 561 g/mol. The van der Waals surface area contributed by atoms with Crippen LogP contribution in [-0.4, -0.2) is 63.8 Å². The van der Waals surface area contributed by atoms with E-state index in [1.807, 2.05) is 18.3 Å². The number of carboxylic acid groups (broad SMARTS) is 1. The summed E-state index contributed by atoms with van der Waals surface area (Å²) in [4.78, 5) is 35.0. The number of ether oxygens (including phenoxy) is 2. The van der Waals surface area contributed by atoms with Gasteiger partial charge in [0, 0.05) is 55.9 Å². The molecule has 1 saturated heterocycles. The van der Waals surface area contributed by atoms with Crippen LogP contribution in [0, 0.1) is 5.82 Å². The quantitative estimate of drug-likeness (QED) is 0.216. The van der Waals surface area contributed by atoms with Gasteiger partial charge in [0.25, 0.3) is 0 Å². The summed E-state index contributed by atoms with van der Waals surface area (Å²) in [6.07, 6.45) is 7.03. The van der Waals surface area contributed by atoms with Gasteiger partial charge in [-0.05, 0) is 55.5 Å². The highest BCUT2D eigenvalue weighted by Gasteiger charge is 2.23. The maximum absolute atomic E-state index is 14.9. The number of hydrogen-bond acceptors (Lipinski definition) is 8. The van der Waals surface area contributed by atoms with Crippen LogP contribution in [0.15, 0.2) is 54.9 Å². The number of nitrogens with zero attached hydrogens (tertiary/aromatic N) is 3. The molecule has 0 bridgehead atoms. The van der Waals surface area contributed by atoms with Crippen LogP contribution in [0.25, 0.3) is 20.8 Å². The maximum Gasteiger partial charge on any atom is 0.329 e. The van der Waals surface area contributed by atoms with Crippen molar-refractivity contribution >= 4 is 39.2 Å². The van der Waals surface area contributed by atoms with Crippen LogP contribution in [0.5, 0.6) is 11.5 Å². The van der Waals surface area contributed by atoms with E-state index in [0.29, 0.717) is 11.4 Å². The Hall–Kier alpha value is -4.13. The number of carboxylic acids is 1. The molecule has 6 rings (SSSR count). The molecule has 0 atom stereocenters. The van der Waals surface area contributed by atoms with Crippen molar-refractivity contribution in [3.8, 4) is 22.1 Å². The van der Waals surface area contributed by atoms with E-state index < -0.39 is 11.8 Å². The molecule has 0 unspecified atom stereocenters. The number of thiophene rings is 1. The van der Waals surface area contributed by atoms with Crippen molar-refractivity contribution < 1.29 is 28.6 Å². The number of aromatic nitrogens is 2. The van der Waals surface area contributed by atoms with E-state index in [-0.39, 0.29) is 30.5 Å². The number of pyridine rings is 2. The number of rotatable bonds is 10. The summed E-state index contributed by atoms with van der Waals surface area (Å²) in [7, 11) is 0. The number of carbonyl (C=O) groups is 2. The molecule has 10 nitrogen and oxygen atoms in total. The highest BCUT2D eigenvalue weighted by Crippen LogP contribution is 2.39. The standard InChI is InChI=1S/C30H30FN5O5S/c31-22-13-20(35-30(39)34-19-2-3-19)4-6-25(22)41-26-7-10-32-24-14-27(42-29(24)26)23-5-1-18(15-33-23)16-36-11-8-21(9-12-36)40-17-28(37)38/h1,4-7,10,13-15,19,21H,2-3,8-9,11-12,16-17H2,(H,37,38)(H2,34,35,39). The minimum Gasteiger partial charge on any atom is -0.480 e. The van der Waals surface area contributed by atoms with Crippen molar-refractivity contribution in [2.24, 2.45) is 0 Å². The lowest BCUT2D eigenvalue weighted by Crippen LogP contribution is -2.37. The molecule has 2 fully saturated rings. The fraction of sp³-hybridized carbons (Fsp3) is 0.333. The van der Waals surface area contributed by atoms with E-state index in [0.717, 1.165) is 71.7 Å². The van der Waals surface area contributed by atoms with E-state index in [1.165, 1.54) is 23.5 Å². The number of amides is 2. The van der Waals surface area contributed by atoms with Crippen molar-refractivity contribution in [2.75, 3.05) is 25.0 Å². The minimum atomic E-state index is -0.939. The molecule has 1 aliphatic carbocycles. The van der Waals surface area contributed by atoms with Gasteiger partial charge >= 0.3 is 12.0 Å². The van der Waals surface area contributed by atoms with Gasteiger partial charge in [-0.1, -0.05) is 6.07 Å². The molecule has 4 aromatic rings. The zero-order valence-electron chi connectivity index (χ0n) is 22.7. The van der Waals surface area contributed by atoms with Gasteiger partial charge in [0.15, 0.2) is 11.6 Å². The van der Waals surface area contributed by atoms with Crippen molar-refractivity contribution in [1.82, 2.24) is 20.2 Å². The second-order valence-corrected chi connectivity index (χ2v) is 11.5. The zero-order chi connectivity index (χ0) is 29.1. The van der Waals surface area contributed by atoms with Crippen LogP contribution >= 0.6 is 11.3 Å². The van der Waals surface area contributed by atoms with Gasteiger partial charge in [-0.3, -0.25) is 14.9 Å². The molecule has 4 heterocycles. The Balaban J connectivity index is 1.09. The van der Waals surface area contributed by atoms with Crippen LogP contribution in [0.2, 0.25) is 0 Å². The summed E-state index contributed by atoms with van der Waals surface area (Å²) in [6.45, 7) is 2.19. The Kier molecular flexibility index (Phi) is 8.27. The average Bonchev–Trinajstić information content (AvgIpc) is 3.68. The Morgan fingerprint density at radius 2 is 1.88 bits per heavy atom. The number of likely N-dealkylation sites (tertiary alicyclic amines) is 1. The normalized spacial score (nSPS) is 15.9. The molecule has 0 spiro atoms. The van der Waals surface area contributed by atoms with Crippen LogP contribution in [0.1, 0.15) is 31.2 Å². The van der Waals surface area contributed by atoms with Crippen molar-refractivity contribution in [3.05, 3.63) is 66.2 Å². The van der Waals surface area contributed by atoms with Gasteiger partial charge in [-0.15, -0.1) is 11.3 Å². The van der Waals surface area contributed by atoms with E-state index in [9.17, 15) is 14.0 Å². The molecule has 12 heteroatoms. The van der Waals surface area contributed by atoms with E-state index in [1.54, 1.807) is 18.3 Å². The topological polar surface area (TPSA) is 126 Å². The summed E-state index contributed by atoms with van der Waals surface area (Å²) < 4.78 is 27.0. The Morgan fingerprint density at radius 3 is 2.60 bits per heavy atom. The third kappa shape index (κ3) is 7.01. The van der Waals surface area contributed by atoms with E-state index >= 15 is 0 Å². The highest BCUT2D eigenvalue weighted by molar-refractivity contribution is 7.22. The number of halogens is 1. The number of hydrogen-bond donors (Lipinski definition) is 3. The van der Waals surface area contributed by atoms with Crippen LogP contribution in [0.3, 0.4) is 0 Å². The fourth-order valence-corrected chi connectivity index (χ4v) is 5.87. The molecule has 3 N–H and O–H groups in total. The van der Waals surface area contributed by atoms with Gasteiger partial charge in [-0.25, -0.2) is 14.0 Å². The van der Waals surface area contributed by atoms with E-state index in [2.05, 4.69) is 31.6 Å². The van der Waals surface area contributed by atoms with Gasteiger partial charge in [-0.2, -0.15) is 0 Å². The van der Waals surface area contributed by atoms with Crippen LogP contribution in [-0.2, 0) is 16.1 Å². The lowest BCUT2D eigenvalue weighted by Gasteiger charge is -2.31. The number of anilines is 1. The first-order chi connectivity index (χ1) is 20.4. The molecule has 218 valence electrons. The third-order valence-electron chi connectivity index (χ3n) is 7.16. The average molecular weight is 592 g/mol. The molecule has 2 aliphatic rings. The molecule has 3 aromatic heterocycles. The van der Waals surface area contributed by atoms with Crippen molar-refractivity contribution in [3.63, 3.8) is 0 Å². The van der Waals surface area contributed by atoms with Gasteiger partial charge in [0.2, 0.25) is 0 Å². The Labute approximate surface area is 245 Å². The van der Waals surface area contributed by atoms with Crippen molar-refractivity contribution in [1.29, 1.82) is 0 Å². The minimum absolute atomic E-state index is 0.00835. The number of carbonyl (C=O) groups excluding carboxylic acids is 1. The predicted octanol–water partition coefficient (Wildman–Crippen LogP) is 5.64. The molecule has 42 heavy (non-hydrogen) atoms. The highest BCUT2D eigenvalue weighted by atomic mass is 32.1. The maximum atomic E-state index is 14.9. The third-order valence-corrected chi connectivity index (χ3v) is 8.32. The van der Waals surface area contributed by atoms with Gasteiger partial charge < -0.3 is 25.2 Å². The summed E-state index contributed by atoms with van der Waals surface area (Å²) in [5, 5.41) is 14.2. The largest absolute Gasteiger partial charge is 0.480 e. The summed E-state index contributed by atoms with van der Waals surface area (Å²) in [5.74, 6) is -0.999. The Morgan fingerprint density at radius 1 is 1.05 bits per heavy atom. The zero-order valence-corrected chi connectivity index (χ0v) is 23.5. The van der Waals surface area contributed by atoms with E-state index in [4.69, 9.17) is 14.6 Å². The first-order valence-electron chi connectivity index (χ1n) is 13.8.